The average molecular weight is 458 g/mol. The summed E-state index contributed by atoms with van der Waals surface area (Å²) >= 11 is 0. The summed E-state index contributed by atoms with van der Waals surface area (Å²) in [4.78, 5) is 19.8. The Balaban J connectivity index is 1.41. The predicted octanol–water partition coefficient (Wildman–Crippen LogP) is 4.65. The Morgan fingerprint density at radius 2 is 1.56 bits per heavy atom. The van der Waals surface area contributed by atoms with Gasteiger partial charge in [-0.05, 0) is 36.4 Å². The predicted molar refractivity (Wildman–Crippen MR) is 131 cm³/mol. The highest BCUT2D eigenvalue weighted by Gasteiger charge is 2.35. The number of aromatic nitrogens is 2. The third-order valence-corrected chi connectivity index (χ3v) is 6.19. The van der Waals surface area contributed by atoms with E-state index in [4.69, 9.17) is 19.2 Å². The van der Waals surface area contributed by atoms with Gasteiger partial charge in [-0.3, -0.25) is 4.79 Å². The monoisotopic (exact) mass is 457 g/mol. The molecular weight excluding hydrogens is 430 g/mol. The van der Waals surface area contributed by atoms with Crippen molar-refractivity contribution in [2.45, 2.75) is 18.9 Å². The molecule has 0 spiro atoms. The van der Waals surface area contributed by atoms with E-state index in [0.29, 0.717) is 43.4 Å². The fraction of sp³-hybridized carbons (Fsp3) is 0.259. The molecule has 0 N–H and O–H groups in total. The van der Waals surface area contributed by atoms with Crippen molar-refractivity contribution in [3.63, 3.8) is 0 Å². The quantitative estimate of drug-likeness (QED) is 0.385. The summed E-state index contributed by atoms with van der Waals surface area (Å²) in [6.45, 7) is 1.60. The van der Waals surface area contributed by atoms with Gasteiger partial charge in [0.25, 0.3) is 0 Å². The van der Waals surface area contributed by atoms with E-state index in [9.17, 15) is 4.79 Å². The minimum Gasteiger partial charge on any atom is -0.495 e. The number of anilines is 1. The summed E-state index contributed by atoms with van der Waals surface area (Å²) in [5.41, 5.74) is 2.74. The molecule has 34 heavy (non-hydrogen) atoms. The number of nitrogens with zero attached hydrogens (tertiary/aromatic N) is 3. The molecule has 1 fully saturated rings. The first kappa shape index (κ1) is 21.8. The van der Waals surface area contributed by atoms with E-state index in [1.54, 1.807) is 19.1 Å². The standard InChI is InChI=1S/C27H27N3O4/c1-32-23-12-6-5-11-22(23)30-18-19(17-26(30)31)27-28-20-9-3-4-10-21(20)29(27)15-16-34-25-14-8-7-13-24(25)33-2/h3-14,19H,15-18H2,1-2H3/t19-/m1/s1. The molecule has 0 saturated carbocycles. The molecule has 1 saturated heterocycles. The smallest absolute Gasteiger partial charge is 0.227 e. The summed E-state index contributed by atoms with van der Waals surface area (Å²) in [7, 11) is 3.26. The highest BCUT2D eigenvalue weighted by molar-refractivity contribution is 5.97. The summed E-state index contributed by atoms with van der Waals surface area (Å²) in [6, 6.07) is 23.3. The number of hydrogen-bond donors (Lipinski definition) is 0. The minimum absolute atomic E-state index is 0.0314. The Labute approximate surface area is 198 Å². The molecule has 0 aliphatic carbocycles. The van der Waals surface area contributed by atoms with Crippen molar-refractivity contribution in [3.05, 3.63) is 78.6 Å². The number of methoxy groups -OCH3 is 2. The van der Waals surface area contributed by atoms with Gasteiger partial charge in [0.1, 0.15) is 18.2 Å². The van der Waals surface area contributed by atoms with E-state index in [1.807, 2.05) is 66.7 Å². The van der Waals surface area contributed by atoms with Gasteiger partial charge in [-0.15, -0.1) is 0 Å². The molecule has 1 aliphatic heterocycles. The van der Waals surface area contributed by atoms with E-state index < -0.39 is 0 Å². The molecule has 1 amide bonds. The number of carbonyl (C=O) groups is 1. The van der Waals surface area contributed by atoms with Gasteiger partial charge < -0.3 is 23.7 Å². The number of amides is 1. The van der Waals surface area contributed by atoms with Crippen LogP contribution in [-0.4, -0.2) is 42.8 Å². The van der Waals surface area contributed by atoms with Crippen molar-refractivity contribution in [2.75, 3.05) is 32.3 Å². The first-order valence-electron chi connectivity index (χ1n) is 11.3. The Morgan fingerprint density at radius 1 is 0.882 bits per heavy atom. The number of fused-ring (bicyclic) bond motifs is 1. The first-order valence-corrected chi connectivity index (χ1v) is 11.3. The van der Waals surface area contributed by atoms with Gasteiger partial charge in [0.05, 0.1) is 37.5 Å². The molecule has 7 nitrogen and oxygen atoms in total. The van der Waals surface area contributed by atoms with E-state index >= 15 is 0 Å². The Kier molecular flexibility index (Phi) is 6.08. The zero-order valence-corrected chi connectivity index (χ0v) is 19.3. The Bertz CT molecular complexity index is 1320. The summed E-state index contributed by atoms with van der Waals surface area (Å²) in [5.74, 6) is 3.03. The second kappa shape index (κ2) is 9.47. The minimum atomic E-state index is -0.0314. The van der Waals surface area contributed by atoms with Gasteiger partial charge in [-0.1, -0.05) is 36.4 Å². The van der Waals surface area contributed by atoms with Crippen molar-refractivity contribution < 1.29 is 19.0 Å². The van der Waals surface area contributed by atoms with Crippen LogP contribution in [-0.2, 0) is 11.3 Å². The first-order chi connectivity index (χ1) is 16.7. The van der Waals surface area contributed by atoms with E-state index in [-0.39, 0.29) is 11.8 Å². The van der Waals surface area contributed by atoms with Crippen LogP contribution in [0.5, 0.6) is 17.2 Å². The maximum Gasteiger partial charge on any atom is 0.227 e. The van der Waals surface area contributed by atoms with Crippen LogP contribution in [0.15, 0.2) is 72.8 Å². The zero-order valence-electron chi connectivity index (χ0n) is 19.3. The number of rotatable bonds is 8. The maximum atomic E-state index is 13.0. The zero-order chi connectivity index (χ0) is 23.5. The van der Waals surface area contributed by atoms with Gasteiger partial charge >= 0.3 is 0 Å². The molecule has 7 heteroatoms. The molecule has 0 unspecified atom stereocenters. The van der Waals surface area contributed by atoms with Crippen LogP contribution in [0.2, 0.25) is 0 Å². The lowest BCUT2D eigenvalue weighted by Gasteiger charge is -2.20. The maximum absolute atomic E-state index is 13.0. The molecule has 1 aliphatic rings. The van der Waals surface area contributed by atoms with Crippen LogP contribution < -0.4 is 19.1 Å². The number of para-hydroxylation sites is 6. The van der Waals surface area contributed by atoms with Crippen LogP contribution in [0.1, 0.15) is 18.2 Å². The van der Waals surface area contributed by atoms with Crippen LogP contribution in [0.4, 0.5) is 5.69 Å². The van der Waals surface area contributed by atoms with Crippen molar-refractivity contribution in [3.8, 4) is 17.2 Å². The van der Waals surface area contributed by atoms with Crippen molar-refractivity contribution in [1.82, 2.24) is 9.55 Å². The fourth-order valence-corrected chi connectivity index (χ4v) is 4.59. The normalized spacial score (nSPS) is 15.6. The second-order valence-electron chi connectivity index (χ2n) is 8.19. The summed E-state index contributed by atoms with van der Waals surface area (Å²) in [6.07, 6.45) is 0.398. The lowest BCUT2D eigenvalue weighted by Crippen LogP contribution is -2.25. The Hall–Kier alpha value is -4.00. The fourth-order valence-electron chi connectivity index (χ4n) is 4.59. The number of imidazole rings is 1. The molecule has 0 radical (unpaired) electrons. The molecule has 1 aromatic heterocycles. The lowest BCUT2D eigenvalue weighted by molar-refractivity contribution is -0.117. The molecule has 174 valence electrons. The van der Waals surface area contributed by atoms with Crippen molar-refractivity contribution in [2.24, 2.45) is 0 Å². The van der Waals surface area contributed by atoms with Crippen LogP contribution in [0.25, 0.3) is 11.0 Å². The topological polar surface area (TPSA) is 65.8 Å². The Morgan fingerprint density at radius 3 is 2.35 bits per heavy atom. The molecule has 5 rings (SSSR count). The lowest BCUT2D eigenvalue weighted by atomic mass is 10.1. The molecule has 1 atom stereocenters. The number of ether oxygens (including phenoxy) is 3. The van der Waals surface area contributed by atoms with Crippen LogP contribution in [0.3, 0.4) is 0 Å². The van der Waals surface area contributed by atoms with Crippen molar-refractivity contribution >= 4 is 22.6 Å². The molecule has 2 heterocycles. The molecule has 0 bridgehead atoms. The number of hydrogen-bond acceptors (Lipinski definition) is 5. The van der Waals surface area contributed by atoms with E-state index in [0.717, 1.165) is 22.5 Å². The second-order valence-corrected chi connectivity index (χ2v) is 8.19. The van der Waals surface area contributed by atoms with Crippen molar-refractivity contribution in [1.29, 1.82) is 0 Å². The summed E-state index contributed by atoms with van der Waals surface area (Å²) < 4.78 is 19.1. The average Bonchev–Trinajstić information content (AvgIpc) is 3.44. The molecule has 4 aromatic rings. The summed E-state index contributed by atoms with van der Waals surface area (Å²) in [5, 5.41) is 0. The van der Waals surface area contributed by atoms with Crippen LogP contribution in [0, 0.1) is 0 Å². The van der Waals surface area contributed by atoms with Gasteiger partial charge in [-0.2, -0.15) is 0 Å². The van der Waals surface area contributed by atoms with E-state index in [2.05, 4.69) is 10.6 Å². The SMILES string of the molecule is COc1ccccc1OCCn1c([C@@H]2CC(=O)N(c3ccccc3OC)C2)nc2ccccc21. The van der Waals surface area contributed by atoms with Gasteiger partial charge in [0.15, 0.2) is 11.5 Å². The number of benzene rings is 3. The van der Waals surface area contributed by atoms with Crippen LogP contribution >= 0.6 is 0 Å². The van der Waals surface area contributed by atoms with E-state index in [1.165, 1.54) is 0 Å². The molecule has 3 aromatic carbocycles. The van der Waals surface area contributed by atoms with Gasteiger partial charge in [0, 0.05) is 18.9 Å². The third-order valence-electron chi connectivity index (χ3n) is 6.19. The number of carbonyl (C=O) groups excluding carboxylic acids is 1. The largest absolute Gasteiger partial charge is 0.495 e. The highest BCUT2D eigenvalue weighted by atomic mass is 16.5. The highest BCUT2D eigenvalue weighted by Crippen LogP contribution is 2.37. The van der Waals surface area contributed by atoms with Gasteiger partial charge in [-0.25, -0.2) is 4.98 Å². The van der Waals surface area contributed by atoms with Gasteiger partial charge in [0.2, 0.25) is 5.91 Å². The third kappa shape index (κ3) is 4.05. The molecular formula is C27H27N3O4.